The van der Waals surface area contributed by atoms with Gasteiger partial charge in [-0.2, -0.15) is 18.1 Å². The minimum absolute atomic E-state index is 0.157. The number of halogens is 4. The van der Waals surface area contributed by atoms with Gasteiger partial charge in [-0.15, -0.1) is 0 Å². The van der Waals surface area contributed by atoms with Crippen LogP contribution in [0.15, 0.2) is 85.1 Å². The Labute approximate surface area is 244 Å². The molecule has 43 heavy (non-hydrogen) atoms. The summed E-state index contributed by atoms with van der Waals surface area (Å²) >= 11 is 0. The Morgan fingerprint density at radius 3 is 2.47 bits per heavy atom. The lowest BCUT2D eigenvalue weighted by atomic mass is 9.75. The topological polar surface area (TPSA) is 62.9 Å². The highest BCUT2D eigenvalue weighted by molar-refractivity contribution is 6.03. The van der Waals surface area contributed by atoms with Crippen molar-refractivity contribution in [2.75, 3.05) is 0 Å². The second-order valence-electron chi connectivity index (χ2n) is 11.8. The first-order valence-electron chi connectivity index (χ1n) is 13.9. The molecular weight excluding hydrogens is 558 g/mol. The molecule has 1 aliphatic rings. The predicted molar refractivity (Wildman–Crippen MR) is 157 cm³/mol. The van der Waals surface area contributed by atoms with E-state index in [2.05, 4.69) is 23.8 Å². The van der Waals surface area contributed by atoms with Gasteiger partial charge >= 0.3 is 6.18 Å². The Bertz CT molecular complexity index is 1970. The first kappa shape index (κ1) is 27.2. The number of rotatable bonds is 5. The summed E-state index contributed by atoms with van der Waals surface area (Å²) in [5.74, 6) is 0.131. The van der Waals surface area contributed by atoms with Gasteiger partial charge in [-0.1, -0.05) is 44.2 Å². The summed E-state index contributed by atoms with van der Waals surface area (Å²) in [6.07, 6.45) is -1.64. The third-order valence-electron chi connectivity index (χ3n) is 8.08. The minimum atomic E-state index is -4.48. The second kappa shape index (κ2) is 9.98. The summed E-state index contributed by atoms with van der Waals surface area (Å²) in [7, 11) is 0. The van der Waals surface area contributed by atoms with Crippen molar-refractivity contribution in [3.05, 3.63) is 108 Å². The predicted octanol–water partition coefficient (Wildman–Crippen LogP) is 9.56. The van der Waals surface area contributed by atoms with E-state index in [0.29, 0.717) is 52.0 Å². The minimum Gasteiger partial charge on any atom is -0.361 e. The van der Waals surface area contributed by atoms with Crippen LogP contribution in [0.3, 0.4) is 0 Å². The summed E-state index contributed by atoms with van der Waals surface area (Å²) in [4.78, 5) is 23.4. The molecule has 6 aromatic rings. The van der Waals surface area contributed by atoms with Gasteiger partial charge in [0.25, 0.3) is 0 Å². The number of benzene rings is 3. The zero-order valence-corrected chi connectivity index (χ0v) is 23.4. The second-order valence-corrected chi connectivity index (χ2v) is 11.8. The molecule has 1 aliphatic carbocycles. The third kappa shape index (κ3) is 4.93. The molecule has 0 fully saturated rings. The molecule has 3 aromatic heterocycles. The first-order chi connectivity index (χ1) is 20.6. The number of nitrogens with one attached hydrogen (secondary N) is 2. The van der Waals surface area contributed by atoms with Crippen LogP contribution in [0.5, 0.6) is 5.75 Å². The standard InChI is InChI=1S/C34H27F4N3O2/c1-33(2)17-27-21(29(18-33)43-42-28-8-4-6-24-22(28)15-16-39-24)13-14-26(40-27)32-30(31-23(35)5-3-7-25(31)41-32)19-9-11-20(12-10-19)34(36,37)38/h3-16,29,39,41H,17-18H2,1-2H3. The zero-order valence-electron chi connectivity index (χ0n) is 23.4. The Morgan fingerprint density at radius 2 is 1.67 bits per heavy atom. The van der Waals surface area contributed by atoms with Gasteiger partial charge in [0, 0.05) is 44.8 Å². The Morgan fingerprint density at radius 1 is 0.907 bits per heavy atom. The molecule has 3 heterocycles. The molecule has 0 saturated heterocycles. The average molecular weight is 586 g/mol. The molecule has 2 N–H and O–H groups in total. The Kier molecular flexibility index (Phi) is 6.32. The fraction of sp³-hybridized carbons (Fsp3) is 0.206. The van der Waals surface area contributed by atoms with E-state index >= 15 is 4.39 Å². The van der Waals surface area contributed by atoms with Gasteiger partial charge in [0.1, 0.15) is 11.9 Å². The molecule has 0 radical (unpaired) electrons. The lowest BCUT2D eigenvalue weighted by Gasteiger charge is -2.35. The van der Waals surface area contributed by atoms with Crippen molar-refractivity contribution < 1.29 is 27.3 Å². The SMILES string of the molecule is CC1(C)Cc2nc(-c3[nH]c4cccc(F)c4c3-c3ccc(C(F)(F)F)cc3)ccc2C(OOc2cccc3[nH]ccc23)C1. The maximum Gasteiger partial charge on any atom is 0.416 e. The maximum atomic E-state index is 15.2. The van der Waals surface area contributed by atoms with Gasteiger partial charge in [0.15, 0.2) is 5.75 Å². The molecule has 9 heteroatoms. The van der Waals surface area contributed by atoms with Crippen molar-refractivity contribution in [1.82, 2.24) is 15.0 Å². The number of hydrogen-bond acceptors (Lipinski definition) is 3. The highest BCUT2D eigenvalue weighted by atomic mass is 19.4. The fourth-order valence-corrected chi connectivity index (χ4v) is 6.06. The van der Waals surface area contributed by atoms with Crippen molar-refractivity contribution in [1.29, 1.82) is 0 Å². The number of fused-ring (bicyclic) bond motifs is 3. The van der Waals surface area contributed by atoms with Crippen LogP contribution >= 0.6 is 0 Å². The number of aromatic amines is 2. The summed E-state index contributed by atoms with van der Waals surface area (Å²) < 4.78 is 55.1. The molecule has 0 spiro atoms. The van der Waals surface area contributed by atoms with Gasteiger partial charge < -0.3 is 14.9 Å². The molecule has 0 bridgehead atoms. The van der Waals surface area contributed by atoms with E-state index in [1.165, 1.54) is 18.2 Å². The molecule has 0 aliphatic heterocycles. The van der Waals surface area contributed by atoms with Crippen LogP contribution in [0, 0.1) is 11.2 Å². The van der Waals surface area contributed by atoms with Crippen LogP contribution in [-0.2, 0) is 17.5 Å². The van der Waals surface area contributed by atoms with Gasteiger partial charge in [-0.3, -0.25) is 4.98 Å². The molecule has 0 saturated carbocycles. The first-order valence-corrected chi connectivity index (χ1v) is 13.9. The van der Waals surface area contributed by atoms with Crippen LogP contribution in [0.1, 0.15) is 43.2 Å². The van der Waals surface area contributed by atoms with Crippen LogP contribution in [0.25, 0.3) is 44.3 Å². The smallest absolute Gasteiger partial charge is 0.361 e. The number of alkyl halides is 3. The summed E-state index contributed by atoms with van der Waals surface area (Å²) in [6.45, 7) is 4.28. The highest BCUT2D eigenvalue weighted by Gasteiger charge is 2.36. The molecule has 3 aromatic carbocycles. The molecule has 7 rings (SSSR count). The molecule has 0 amide bonds. The lowest BCUT2D eigenvalue weighted by Crippen LogP contribution is -2.28. The average Bonchev–Trinajstić information content (AvgIpc) is 3.61. The van der Waals surface area contributed by atoms with E-state index in [-0.39, 0.29) is 11.5 Å². The van der Waals surface area contributed by atoms with Crippen LogP contribution < -0.4 is 4.89 Å². The van der Waals surface area contributed by atoms with Crippen molar-refractivity contribution >= 4 is 21.8 Å². The highest BCUT2D eigenvalue weighted by Crippen LogP contribution is 2.45. The van der Waals surface area contributed by atoms with Gasteiger partial charge in [-0.05, 0) is 72.4 Å². The van der Waals surface area contributed by atoms with E-state index in [9.17, 15) is 13.2 Å². The number of nitrogens with zero attached hydrogens (tertiary/aromatic N) is 1. The third-order valence-corrected chi connectivity index (χ3v) is 8.08. The number of aromatic nitrogens is 3. The van der Waals surface area contributed by atoms with E-state index in [0.717, 1.165) is 34.3 Å². The van der Waals surface area contributed by atoms with Crippen molar-refractivity contribution in [2.45, 2.75) is 39.0 Å². The van der Waals surface area contributed by atoms with E-state index < -0.39 is 17.6 Å². The molecule has 1 atom stereocenters. The van der Waals surface area contributed by atoms with Crippen molar-refractivity contribution in [2.24, 2.45) is 5.41 Å². The largest absolute Gasteiger partial charge is 0.416 e. The van der Waals surface area contributed by atoms with Crippen molar-refractivity contribution in [3.8, 4) is 28.3 Å². The summed E-state index contributed by atoms with van der Waals surface area (Å²) in [5.41, 5.74) is 4.24. The lowest BCUT2D eigenvalue weighted by molar-refractivity contribution is -0.255. The van der Waals surface area contributed by atoms with Crippen LogP contribution in [0.4, 0.5) is 17.6 Å². The summed E-state index contributed by atoms with van der Waals surface area (Å²) in [5, 5.41) is 1.21. The number of pyridine rings is 1. The van der Waals surface area contributed by atoms with Crippen LogP contribution in [0.2, 0.25) is 0 Å². The number of hydrogen-bond donors (Lipinski definition) is 2. The molecular formula is C34H27F4N3O2. The van der Waals surface area contributed by atoms with Gasteiger partial charge in [0.05, 0.1) is 17.0 Å². The molecule has 1 unspecified atom stereocenters. The van der Waals surface area contributed by atoms with E-state index in [1.54, 1.807) is 12.1 Å². The Balaban J connectivity index is 1.29. The number of H-pyrrole nitrogens is 2. The van der Waals surface area contributed by atoms with Crippen molar-refractivity contribution in [3.63, 3.8) is 0 Å². The molecule has 5 nitrogen and oxygen atoms in total. The quantitative estimate of drug-likeness (QED) is 0.120. The van der Waals surface area contributed by atoms with E-state index in [4.69, 9.17) is 14.8 Å². The zero-order chi connectivity index (χ0) is 29.9. The Hall–Kier alpha value is -4.63. The fourth-order valence-electron chi connectivity index (χ4n) is 6.06. The summed E-state index contributed by atoms with van der Waals surface area (Å²) in [6, 6.07) is 20.8. The monoisotopic (exact) mass is 585 g/mol. The van der Waals surface area contributed by atoms with Gasteiger partial charge in [-0.25, -0.2) is 4.39 Å². The normalized spacial score (nSPS) is 16.5. The maximum absolute atomic E-state index is 15.2. The van der Waals surface area contributed by atoms with Gasteiger partial charge in [0.2, 0.25) is 0 Å². The molecule has 218 valence electrons. The van der Waals surface area contributed by atoms with Crippen LogP contribution in [-0.4, -0.2) is 15.0 Å². The van der Waals surface area contributed by atoms with E-state index in [1.807, 2.05) is 42.6 Å².